The molecule has 0 bridgehead atoms. The minimum atomic E-state index is 0. The van der Waals surface area contributed by atoms with E-state index in [1.165, 1.54) is 0 Å². The van der Waals surface area contributed by atoms with Crippen molar-refractivity contribution in [3.63, 3.8) is 0 Å². The lowest BCUT2D eigenvalue weighted by Crippen LogP contribution is -2.39. The van der Waals surface area contributed by atoms with Gasteiger partial charge in [0.25, 0.3) is 0 Å². The van der Waals surface area contributed by atoms with E-state index in [1.54, 1.807) is 7.11 Å². The van der Waals surface area contributed by atoms with Gasteiger partial charge in [0.1, 0.15) is 0 Å². The Morgan fingerprint density at radius 1 is 1.16 bits per heavy atom. The highest BCUT2D eigenvalue weighted by Gasteiger charge is 2.11. The first-order chi connectivity index (χ1) is 11.7. The molecule has 0 amide bonds. The van der Waals surface area contributed by atoms with Crippen molar-refractivity contribution in [2.24, 2.45) is 4.99 Å². The lowest BCUT2D eigenvalue weighted by molar-refractivity contribution is 0.152. The fraction of sp³-hybridized carbons (Fsp3) is 0.588. The first kappa shape index (κ1) is 24.1. The number of guanidine groups is 1. The van der Waals surface area contributed by atoms with E-state index in [1.807, 2.05) is 32.9 Å². The van der Waals surface area contributed by atoms with E-state index in [0.29, 0.717) is 49.4 Å². The van der Waals surface area contributed by atoms with Crippen molar-refractivity contribution in [3.8, 4) is 11.5 Å². The van der Waals surface area contributed by atoms with Crippen molar-refractivity contribution in [3.05, 3.63) is 22.7 Å². The molecule has 6 nitrogen and oxygen atoms in total. The number of nitrogens with zero attached hydrogens (tertiary/aromatic N) is 1. The monoisotopic (exact) mass is 485 g/mol. The third-order valence-corrected chi connectivity index (χ3v) is 3.37. The van der Waals surface area contributed by atoms with Crippen LogP contribution >= 0.6 is 35.6 Å². The molecule has 0 unspecified atom stereocenters. The van der Waals surface area contributed by atoms with Gasteiger partial charge in [-0.3, -0.25) is 0 Å². The van der Waals surface area contributed by atoms with Crippen molar-refractivity contribution < 1.29 is 14.2 Å². The van der Waals surface area contributed by atoms with Gasteiger partial charge >= 0.3 is 0 Å². The van der Waals surface area contributed by atoms with Crippen LogP contribution in [0.5, 0.6) is 11.5 Å². The fourth-order valence-electron chi connectivity index (χ4n) is 2.05. The summed E-state index contributed by atoms with van der Waals surface area (Å²) in [5.41, 5.74) is 0.947. The van der Waals surface area contributed by atoms with Crippen LogP contribution in [-0.2, 0) is 11.3 Å². The molecule has 0 heterocycles. The molecule has 1 rings (SSSR count). The van der Waals surface area contributed by atoms with Gasteiger partial charge < -0.3 is 24.8 Å². The number of rotatable bonds is 10. The summed E-state index contributed by atoms with van der Waals surface area (Å²) < 4.78 is 16.2. The first-order valence-corrected chi connectivity index (χ1v) is 8.63. The first-order valence-electron chi connectivity index (χ1n) is 8.25. The number of halogens is 2. The Labute approximate surface area is 172 Å². The van der Waals surface area contributed by atoms with Crippen LogP contribution in [0.4, 0.5) is 0 Å². The Balaban J connectivity index is 0.00000576. The number of ether oxygens (including phenoxy) is 3. The van der Waals surface area contributed by atoms with Gasteiger partial charge in [0.15, 0.2) is 17.5 Å². The van der Waals surface area contributed by atoms with Crippen LogP contribution in [0.1, 0.15) is 26.3 Å². The molecule has 1 aromatic carbocycles. The number of nitrogens with one attached hydrogen (secondary N) is 2. The van der Waals surface area contributed by atoms with Crippen molar-refractivity contribution >= 4 is 41.5 Å². The van der Waals surface area contributed by atoms with Crippen LogP contribution in [0, 0.1) is 0 Å². The third-order valence-electron chi connectivity index (χ3n) is 3.08. The largest absolute Gasteiger partial charge is 0.493 e. The zero-order valence-corrected chi connectivity index (χ0v) is 18.4. The zero-order chi connectivity index (χ0) is 17.8. The Bertz CT molecular complexity index is 530. The highest BCUT2D eigenvalue weighted by molar-refractivity contribution is 14.0. The van der Waals surface area contributed by atoms with Crippen molar-refractivity contribution in [1.82, 2.24) is 10.6 Å². The van der Waals surface area contributed by atoms with Crippen LogP contribution in [0.2, 0.25) is 5.02 Å². The Morgan fingerprint density at radius 2 is 1.92 bits per heavy atom. The van der Waals surface area contributed by atoms with E-state index in [0.717, 1.165) is 18.1 Å². The van der Waals surface area contributed by atoms with Gasteiger partial charge in [-0.25, -0.2) is 4.99 Å². The number of methoxy groups -OCH3 is 1. The summed E-state index contributed by atoms with van der Waals surface area (Å²) in [7, 11) is 1.60. The molecule has 0 aliphatic carbocycles. The van der Waals surface area contributed by atoms with E-state index in [-0.39, 0.29) is 24.0 Å². The maximum Gasteiger partial charge on any atom is 0.191 e. The molecule has 0 saturated carbocycles. The summed E-state index contributed by atoms with van der Waals surface area (Å²) in [6.45, 7) is 9.75. The Kier molecular flexibility index (Phi) is 13.7. The second kappa shape index (κ2) is 14.3. The topological polar surface area (TPSA) is 64.1 Å². The number of hydrogen-bond donors (Lipinski definition) is 2. The lowest BCUT2D eigenvalue weighted by atomic mass is 10.2. The lowest BCUT2D eigenvalue weighted by Gasteiger charge is -2.14. The van der Waals surface area contributed by atoms with Gasteiger partial charge in [-0.15, -0.1) is 24.0 Å². The minimum Gasteiger partial charge on any atom is -0.493 e. The van der Waals surface area contributed by atoms with Crippen molar-refractivity contribution in [2.45, 2.75) is 27.3 Å². The molecule has 8 heteroatoms. The van der Waals surface area contributed by atoms with E-state index < -0.39 is 0 Å². The minimum absolute atomic E-state index is 0. The molecule has 0 saturated heterocycles. The quantitative estimate of drug-likeness (QED) is 0.230. The molecule has 0 aliphatic heterocycles. The van der Waals surface area contributed by atoms with Crippen molar-refractivity contribution in [2.75, 3.05) is 40.0 Å². The fourth-order valence-corrected chi connectivity index (χ4v) is 2.33. The van der Waals surface area contributed by atoms with E-state index in [9.17, 15) is 0 Å². The molecule has 144 valence electrons. The summed E-state index contributed by atoms with van der Waals surface area (Å²) in [5.74, 6) is 1.92. The third kappa shape index (κ3) is 8.82. The molecule has 2 N–H and O–H groups in total. The molecule has 25 heavy (non-hydrogen) atoms. The normalized spacial score (nSPS) is 10.8. The van der Waals surface area contributed by atoms with Crippen molar-refractivity contribution in [1.29, 1.82) is 0 Å². The maximum absolute atomic E-state index is 6.29. The molecular formula is C17H29ClIN3O3. The standard InChI is InChI=1S/C17H28ClN3O3.HI/c1-5-19-17(20-8-9-23-6-2)21-12-13-10-14(18)16(24-7-3)15(11-13)22-4;/h10-11H,5-9,12H2,1-4H3,(H2,19,20,21);1H. The average Bonchev–Trinajstić information content (AvgIpc) is 2.58. The molecule has 0 radical (unpaired) electrons. The molecule has 1 aromatic rings. The van der Waals surface area contributed by atoms with Crippen LogP contribution in [0.25, 0.3) is 0 Å². The maximum atomic E-state index is 6.29. The number of aliphatic imine (C=N–C) groups is 1. The van der Waals surface area contributed by atoms with E-state index in [4.69, 9.17) is 25.8 Å². The van der Waals surface area contributed by atoms with Gasteiger partial charge in [0.05, 0.1) is 31.9 Å². The smallest absolute Gasteiger partial charge is 0.191 e. The highest BCUT2D eigenvalue weighted by Crippen LogP contribution is 2.36. The van der Waals surface area contributed by atoms with Crippen LogP contribution in [0.15, 0.2) is 17.1 Å². The summed E-state index contributed by atoms with van der Waals surface area (Å²) in [5, 5.41) is 6.95. The predicted molar refractivity (Wildman–Crippen MR) is 114 cm³/mol. The van der Waals surface area contributed by atoms with Crippen LogP contribution < -0.4 is 20.1 Å². The summed E-state index contributed by atoms with van der Waals surface area (Å²) in [6, 6.07) is 3.74. The van der Waals surface area contributed by atoms with Gasteiger partial charge in [-0.1, -0.05) is 11.6 Å². The van der Waals surface area contributed by atoms with Gasteiger partial charge in [-0.2, -0.15) is 0 Å². The Morgan fingerprint density at radius 3 is 2.52 bits per heavy atom. The molecule has 0 aliphatic rings. The number of hydrogen-bond acceptors (Lipinski definition) is 4. The summed E-state index contributed by atoms with van der Waals surface area (Å²) in [4.78, 5) is 4.56. The van der Waals surface area contributed by atoms with Gasteiger partial charge in [-0.05, 0) is 38.5 Å². The molecule has 0 atom stereocenters. The molecule has 0 fully saturated rings. The zero-order valence-electron chi connectivity index (χ0n) is 15.4. The number of benzene rings is 1. The van der Waals surface area contributed by atoms with Gasteiger partial charge in [0.2, 0.25) is 0 Å². The highest BCUT2D eigenvalue weighted by atomic mass is 127. The summed E-state index contributed by atoms with van der Waals surface area (Å²) in [6.07, 6.45) is 0. The average molecular weight is 486 g/mol. The van der Waals surface area contributed by atoms with E-state index >= 15 is 0 Å². The second-order valence-electron chi connectivity index (χ2n) is 4.86. The Hall–Kier alpha value is -0.930. The van der Waals surface area contributed by atoms with Gasteiger partial charge in [0, 0.05) is 19.7 Å². The summed E-state index contributed by atoms with van der Waals surface area (Å²) >= 11 is 6.29. The molecular weight excluding hydrogens is 457 g/mol. The van der Waals surface area contributed by atoms with Crippen LogP contribution in [-0.4, -0.2) is 46.0 Å². The SMILES string of the molecule is CCNC(=NCc1cc(Cl)c(OCC)c(OC)c1)NCCOCC.I. The van der Waals surface area contributed by atoms with Crippen LogP contribution in [0.3, 0.4) is 0 Å². The predicted octanol–water partition coefficient (Wildman–Crippen LogP) is 3.46. The molecule has 0 spiro atoms. The second-order valence-corrected chi connectivity index (χ2v) is 5.27. The van der Waals surface area contributed by atoms with E-state index in [2.05, 4.69) is 15.6 Å². The molecule has 0 aromatic heterocycles.